The number of aryl methyl sites for hydroxylation is 1. The average Bonchev–Trinajstić information content (AvgIpc) is 2.85. The molecule has 2 aliphatic rings. The van der Waals surface area contributed by atoms with Gasteiger partial charge in [0.2, 0.25) is 9.84 Å². The second kappa shape index (κ2) is 5.91. The van der Waals surface area contributed by atoms with Gasteiger partial charge in [0.25, 0.3) is 0 Å². The van der Waals surface area contributed by atoms with E-state index < -0.39 is 21.5 Å². The smallest absolute Gasteiger partial charge is 0.205 e. The first-order valence-electron chi connectivity index (χ1n) is 8.21. The fourth-order valence-electron chi connectivity index (χ4n) is 3.25. The van der Waals surface area contributed by atoms with E-state index in [-0.39, 0.29) is 0 Å². The van der Waals surface area contributed by atoms with Gasteiger partial charge in [-0.1, -0.05) is 23.8 Å². The van der Waals surface area contributed by atoms with Crippen molar-refractivity contribution in [2.45, 2.75) is 63.1 Å². The van der Waals surface area contributed by atoms with Crippen LogP contribution in [-0.2, 0) is 14.6 Å². The predicted molar refractivity (Wildman–Crippen MR) is 92.0 cm³/mol. The molecule has 0 fully saturated rings. The van der Waals surface area contributed by atoms with Gasteiger partial charge in [0.05, 0.1) is 15.4 Å². The van der Waals surface area contributed by atoms with Crippen molar-refractivity contribution < 1.29 is 13.2 Å². The van der Waals surface area contributed by atoms with E-state index in [1.807, 2.05) is 32.9 Å². The third-order valence-corrected chi connectivity index (χ3v) is 6.32. The molecule has 3 nitrogen and oxygen atoms in total. The summed E-state index contributed by atoms with van der Waals surface area (Å²) in [6, 6.07) is 7.04. The molecule has 0 aromatic heterocycles. The standard InChI is InChI=1S/C19H24O3S/c1-14-9-11-16(12-10-14)23(20,21)17-13-19(2,3)22-18(17)15-7-5-4-6-8-15/h7,9-13,18H,4-6,8H2,1-3H3. The van der Waals surface area contributed by atoms with Crippen LogP contribution in [0.4, 0.5) is 0 Å². The molecule has 1 aliphatic heterocycles. The van der Waals surface area contributed by atoms with Crippen LogP contribution >= 0.6 is 0 Å². The highest BCUT2D eigenvalue weighted by atomic mass is 32.2. The van der Waals surface area contributed by atoms with E-state index in [4.69, 9.17) is 4.74 Å². The van der Waals surface area contributed by atoms with Crippen LogP contribution in [0.3, 0.4) is 0 Å². The molecule has 0 saturated carbocycles. The lowest BCUT2D eigenvalue weighted by atomic mass is 9.95. The van der Waals surface area contributed by atoms with E-state index in [0.717, 1.165) is 30.4 Å². The van der Waals surface area contributed by atoms with Gasteiger partial charge in [-0.25, -0.2) is 8.42 Å². The largest absolute Gasteiger partial charge is 0.358 e. The molecule has 1 aromatic carbocycles. The fraction of sp³-hybridized carbons (Fsp3) is 0.474. The van der Waals surface area contributed by atoms with Crippen molar-refractivity contribution in [1.82, 2.24) is 0 Å². The quantitative estimate of drug-likeness (QED) is 0.774. The zero-order valence-electron chi connectivity index (χ0n) is 14.0. The van der Waals surface area contributed by atoms with Crippen molar-refractivity contribution in [3.63, 3.8) is 0 Å². The van der Waals surface area contributed by atoms with Gasteiger partial charge in [-0.05, 0) is 70.2 Å². The molecule has 0 bridgehead atoms. The summed E-state index contributed by atoms with van der Waals surface area (Å²) in [5.41, 5.74) is 1.60. The summed E-state index contributed by atoms with van der Waals surface area (Å²) >= 11 is 0. The topological polar surface area (TPSA) is 43.4 Å². The fourth-order valence-corrected chi connectivity index (χ4v) is 4.93. The number of rotatable bonds is 3. The Morgan fingerprint density at radius 3 is 2.43 bits per heavy atom. The highest BCUT2D eigenvalue weighted by Gasteiger charge is 2.41. The number of hydrogen-bond acceptors (Lipinski definition) is 3. The van der Waals surface area contributed by atoms with Crippen molar-refractivity contribution in [2.75, 3.05) is 0 Å². The Balaban J connectivity index is 2.03. The van der Waals surface area contributed by atoms with E-state index in [9.17, 15) is 8.42 Å². The molecule has 0 spiro atoms. The van der Waals surface area contributed by atoms with E-state index in [2.05, 4.69) is 6.08 Å². The first-order chi connectivity index (χ1) is 10.8. The molecule has 1 aliphatic carbocycles. The summed E-state index contributed by atoms with van der Waals surface area (Å²) < 4.78 is 32.3. The minimum Gasteiger partial charge on any atom is -0.358 e. The molecular weight excluding hydrogens is 308 g/mol. The van der Waals surface area contributed by atoms with Gasteiger partial charge >= 0.3 is 0 Å². The maximum atomic E-state index is 13.1. The monoisotopic (exact) mass is 332 g/mol. The number of benzene rings is 1. The van der Waals surface area contributed by atoms with Crippen molar-refractivity contribution >= 4 is 9.84 Å². The lowest BCUT2D eigenvalue weighted by molar-refractivity contribution is 0.0152. The van der Waals surface area contributed by atoms with E-state index in [0.29, 0.717) is 9.80 Å². The van der Waals surface area contributed by atoms with Crippen LogP contribution in [0.2, 0.25) is 0 Å². The molecule has 23 heavy (non-hydrogen) atoms. The molecule has 0 N–H and O–H groups in total. The van der Waals surface area contributed by atoms with Gasteiger partial charge in [-0.3, -0.25) is 0 Å². The summed E-state index contributed by atoms with van der Waals surface area (Å²) in [6.45, 7) is 5.79. The second-order valence-corrected chi connectivity index (χ2v) is 8.94. The zero-order chi connectivity index (χ0) is 16.7. The van der Waals surface area contributed by atoms with Crippen LogP contribution in [0.15, 0.2) is 51.8 Å². The third kappa shape index (κ3) is 3.29. The van der Waals surface area contributed by atoms with Crippen molar-refractivity contribution in [1.29, 1.82) is 0 Å². The van der Waals surface area contributed by atoms with Gasteiger partial charge in [0.1, 0.15) is 6.10 Å². The molecular formula is C19H24O3S. The Morgan fingerprint density at radius 1 is 1.13 bits per heavy atom. The lowest BCUT2D eigenvalue weighted by Crippen LogP contribution is -2.25. The SMILES string of the molecule is Cc1ccc(S(=O)(=O)C2=CC(C)(C)OC2C2=CCCCC2)cc1. The predicted octanol–water partition coefficient (Wildman–Crippen LogP) is 4.33. The molecule has 1 aromatic rings. The summed E-state index contributed by atoms with van der Waals surface area (Å²) in [5, 5.41) is 0. The highest BCUT2D eigenvalue weighted by Crippen LogP contribution is 2.40. The Morgan fingerprint density at radius 2 is 1.83 bits per heavy atom. The molecule has 1 unspecified atom stereocenters. The highest BCUT2D eigenvalue weighted by molar-refractivity contribution is 7.95. The van der Waals surface area contributed by atoms with Gasteiger partial charge < -0.3 is 4.74 Å². The minimum atomic E-state index is -3.53. The van der Waals surface area contributed by atoms with Crippen LogP contribution < -0.4 is 0 Å². The number of allylic oxidation sites excluding steroid dienone is 1. The van der Waals surface area contributed by atoms with Crippen LogP contribution in [-0.4, -0.2) is 20.1 Å². The van der Waals surface area contributed by atoms with Crippen LogP contribution in [0, 0.1) is 6.92 Å². The summed E-state index contributed by atoms with van der Waals surface area (Å²) in [7, 11) is -3.53. The third-order valence-electron chi connectivity index (χ3n) is 4.47. The van der Waals surface area contributed by atoms with E-state index in [1.54, 1.807) is 18.2 Å². The average molecular weight is 332 g/mol. The van der Waals surface area contributed by atoms with E-state index in [1.165, 1.54) is 6.42 Å². The zero-order valence-corrected chi connectivity index (χ0v) is 14.8. The van der Waals surface area contributed by atoms with Crippen molar-refractivity contribution in [2.24, 2.45) is 0 Å². The summed E-state index contributed by atoms with van der Waals surface area (Å²) in [5.74, 6) is 0. The van der Waals surface area contributed by atoms with Crippen LogP contribution in [0.25, 0.3) is 0 Å². The molecule has 1 heterocycles. The lowest BCUT2D eigenvalue weighted by Gasteiger charge is -2.25. The Labute approximate surface area is 139 Å². The normalized spacial score (nSPS) is 24.2. The first kappa shape index (κ1) is 16.5. The molecule has 0 amide bonds. The Bertz CT molecular complexity index is 752. The number of hydrogen-bond donors (Lipinski definition) is 0. The molecule has 0 radical (unpaired) electrons. The summed E-state index contributed by atoms with van der Waals surface area (Å²) in [4.78, 5) is 0.747. The van der Waals surface area contributed by atoms with Crippen molar-refractivity contribution in [3.8, 4) is 0 Å². The first-order valence-corrected chi connectivity index (χ1v) is 9.69. The van der Waals surface area contributed by atoms with Gasteiger partial charge in [0, 0.05) is 0 Å². The number of ether oxygens (including phenoxy) is 1. The molecule has 124 valence electrons. The molecule has 0 saturated heterocycles. The van der Waals surface area contributed by atoms with E-state index >= 15 is 0 Å². The van der Waals surface area contributed by atoms with Gasteiger partial charge in [-0.15, -0.1) is 0 Å². The van der Waals surface area contributed by atoms with Crippen molar-refractivity contribution in [3.05, 3.63) is 52.5 Å². The Hall–Kier alpha value is -1.39. The Kier molecular flexibility index (Phi) is 4.23. The van der Waals surface area contributed by atoms with Gasteiger partial charge in [0.15, 0.2) is 0 Å². The second-order valence-electron chi connectivity index (χ2n) is 6.99. The van der Waals surface area contributed by atoms with Crippen LogP contribution in [0.5, 0.6) is 0 Å². The molecule has 1 atom stereocenters. The van der Waals surface area contributed by atoms with Crippen LogP contribution in [0.1, 0.15) is 45.1 Å². The minimum absolute atomic E-state index is 0.344. The summed E-state index contributed by atoms with van der Waals surface area (Å²) in [6.07, 6.45) is 7.70. The van der Waals surface area contributed by atoms with Gasteiger partial charge in [-0.2, -0.15) is 0 Å². The molecule has 4 heteroatoms. The maximum absolute atomic E-state index is 13.1. The maximum Gasteiger partial charge on any atom is 0.205 e. The number of sulfone groups is 1. The molecule has 3 rings (SSSR count).